The maximum absolute atomic E-state index is 5.02. The highest BCUT2D eigenvalue weighted by atomic mass is 32.1. The van der Waals surface area contributed by atoms with Gasteiger partial charge in [0.1, 0.15) is 0 Å². The van der Waals surface area contributed by atoms with Crippen LogP contribution in [0.15, 0.2) is 29.2 Å². The van der Waals surface area contributed by atoms with Crippen LogP contribution in [0.2, 0.25) is 0 Å². The Balaban J connectivity index is 2.97. The molecule has 0 bridgehead atoms. The second kappa shape index (κ2) is 3.19. The molecular formula is C8H7NS. The highest BCUT2D eigenvalue weighted by Gasteiger charge is 1.84. The van der Waals surface area contributed by atoms with Crippen molar-refractivity contribution in [1.29, 1.82) is 0 Å². The standard InChI is InChI=1S/C8H7NS/c9-6-5-7-1-3-8(10)4-2-7/h1-4,10H,9H2. The summed E-state index contributed by atoms with van der Waals surface area (Å²) in [5.74, 6) is 2.73. The summed E-state index contributed by atoms with van der Waals surface area (Å²) in [7, 11) is 0. The van der Waals surface area contributed by atoms with Crippen LogP contribution in [0.4, 0.5) is 0 Å². The van der Waals surface area contributed by atoms with Crippen molar-refractivity contribution in [3.05, 3.63) is 29.8 Å². The van der Waals surface area contributed by atoms with E-state index in [1.165, 1.54) is 0 Å². The van der Waals surface area contributed by atoms with Crippen molar-refractivity contribution in [2.24, 2.45) is 5.73 Å². The third-order valence-electron chi connectivity index (χ3n) is 1.08. The van der Waals surface area contributed by atoms with Gasteiger partial charge in [0.2, 0.25) is 0 Å². The molecule has 0 aliphatic heterocycles. The Bertz CT molecular complexity index is 266. The Labute approximate surface area is 65.7 Å². The number of thiol groups is 1. The van der Waals surface area contributed by atoms with Crippen LogP contribution in [-0.4, -0.2) is 0 Å². The molecule has 1 aromatic carbocycles. The fraction of sp³-hybridized carbons (Fsp3) is 0. The second-order valence-electron chi connectivity index (χ2n) is 1.82. The number of nitrogens with two attached hydrogens (primary N) is 1. The molecule has 0 aliphatic carbocycles. The number of rotatable bonds is 0. The van der Waals surface area contributed by atoms with Gasteiger partial charge in [0, 0.05) is 16.5 Å². The van der Waals surface area contributed by atoms with Gasteiger partial charge in [-0.05, 0) is 30.2 Å². The van der Waals surface area contributed by atoms with Crippen molar-refractivity contribution < 1.29 is 0 Å². The van der Waals surface area contributed by atoms with Crippen LogP contribution in [0, 0.1) is 12.0 Å². The van der Waals surface area contributed by atoms with Crippen molar-refractivity contribution in [2.75, 3.05) is 0 Å². The lowest BCUT2D eigenvalue weighted by molar-refractivity contribution is 1.46. The average molecular weight is 149 g/mol. The summed E-state index contributed by atoms with van der Waals surface area (Å²) >= 11 is 4.12. The molecule has 1 aromatic rings. The molecule has 0 heterocycles. The summed E-state index contributed by atoms with van der Waals surface area (Å²) in [6.45, 7) is 0. The van der Waals surface area contributed by atoms with Crippen molar-refractivity contribution in [3.63, 3.8) is 0 Å². The molecule has 0 atom stereocenters. The first-order valence-corrected chi connectivity index (χ1v) is 3.28. The molecule has 0 amide bonds. The van der Waals surface area contributed by atoms with E-state index in [1.54, 1.807) is 0 Å². The zero-order valence-corrected chi connectivity index (χ0v) is 6.23. The fourth-order valence-corrected chi connectivity index (χ4v) is 0.777. The van der Waals surface area contributed by atoms with Gasteiger partial charge < -0.3 is 5.73 Å². The van der Waals surface area contributed by atoms with Crippen molar-refractivity contribution in [3.8, 4) is 12.0 Å². The molecule has 2 N–H and O–H groups in total. The van der Waals surface area contributed by atoms with Crippen LogP contribution in [0.25, 0.3) is 0 Å². The smallest absolute Gasteiger partial charge is 0.0264 e. The Morgan fingerprint density at radius 1 is 1.20 bits per heavy atom. The van der Waals surface area contributed by atoms with Gasteiger partial charge in [0.25, 0.3) is 0 Å². The van der Waals surface area contributed by atoms with Gasteiger partial charge in [-0.25, -0.2) is 0 Å². The van der Waals surface area contributed by atoms with E-state index in [1.807, 2.05) is 24.3 Å². The van der Waals surface area contributed by atoms with E-state index in [0.717, 1.165) is 10.5 Å². The third kappa shape index (κ3) is 1.71. The van der Waals surface area contributed by atoms with Gasteiger partial charge in [0.15, 0.2) is 0 Å². The average Bonchev–Trinajstić information content (AvgIpc) is 1.95. The molecule has 0 saturated carbocycles. The van der Waals surface area contributed by atoms with Crippen LogP contribution >= 0.6 is 12.6 Å². The quantitative estimate of drug-likeness (QED) is 0.324. The molecule has 0 saturated heterocycles. The Morgan fingerprint density at radius 3 is 2.30 bits per heavy atom. The van der Waals surface area contributed by atoms with Gasteiger partial charge in [-0.15, -0.1) is 12.6 Å². The van der Waals surface area contributed by atoms with E-state index >= 15 is 0 Å². The second-order valence-corrected chi connectivity index (χ2v) is 2.33. The van der Waals surface area contributed by atoms with Crippen LogP contribution < -0.4 is 5.73 Å². The number of hydrogen-bond donors (Lipinski definition) is 2. The van der Waals surface area contributed by atoms with E-state index in [4.69, 9.17) is 5.73 Å². The number of hydrogen-bond acceptors (Lipinski definition) is 2. The van der Waals surface area contributed by atoms with Crippen LogP contribution in [0.1, 0.15) is 5.56 Å². The highest BCUT2D eigenvalue weighted by molar-refractivity contribution is 7.80. The van der Waals surface area contributed by atoms with Crippen LogP contribution in [-0.2, 0) is 0 Å². The SMILES string of the molecule is NC#Cc1ccc(S)cc1. The lowest BCUT2D eigenvalue weighted by Gasteiger charge is -1.89. The molecule has 0 unspecified atom stereocenters. The topological polar surface area (TPSA) is 26.0 Å². The minimum atomic E-state index is 0.917. The maximum Gasteiger partial charge on any atom is 0.0264 e. The highest BCUT2D eigenvalue weighted by Crippen LogP contribution is 2.05. The summed E-state index contributed by atoms with van der Waals surface area (Å²) in [6, 6.07) is 9.84. The molecule has 0 fully saturated rings. The first-order valence-electron chi connectivity index (χ1n) is 2.83. The largest absolute Gasteiger partial charge is 0.359 e. The normalized spacial score (nSPS) is 8.10. The van der Waals surface area contributed by atoms with E-state index in [2.05, 4.69) is 24.6 Å². The Hall–Kier alpha value is -1.07. The monoisotopic (exact) mass is 149 g/mol. The summed E-state index contributed by atoms with van der Waals surface area (Å²) in [5.41, 5.74) is 5.94. The third-order valence-corrected chi connectivity index (χ3v) is 1.38. The van der Waals surface area contributed by atoms with Crippen molar-refractivity contribution >= 4 is 12.6 Å². The summed E-state index contributed by atoms with van der Waals surface area (Å²) < 4.78 is 0. The van der Waals surface area contributed by atoms with Gasteiger partial charge in [-0.3, -0.25) is 0 Å². The van der Waals surface area contributed by atoms with E-state index in [0.29, 0.717) is 0 Å². The molecule has 1 rings (SSSR count). The predicted molar refractivity (Wildman–Crippen MR) is 44.8 cm³/mol. The summed E-state index contributed by atoms with van der Waals surface area (Å²) in [4.78, 5) is 0.933. The van der Waals surface area contributed by atoms with E-state index in [9.17, 15) is 0 Å². The maximum atomic E-state index is 5.02. The zero-order valence-electron chi connectivity index (χ0n) is 5.33. The zero-order chi connectivity index (χ0) is 7.40. The first-order chi connectivity index (χ1) is 4.83. The molecule has 10 heavy (non-hydrogen) atoms. The van der Waals surface area contributed by atoms with E-state index in [-0.39, 0.29) is 0 Å². The van der Waals surface area contributed by atoms with Crippen LogP contribution in [0.5, 0.6) is 0 Å². The first kappa shape index (κ1) is 7.04. The predicted octanol–water partition coefficient (Wildman–Crippen LogP) is 1.24. The van der Waals surface area contributed by atoms with E-state index < -0.39 is 0 Å². The summed E-state index contributed by atoms with van der Waals surface area (Å²) in [6.07, 6.45) is 0. The van der Waals surface area contributed by atoms with Gasteiger partial charge in [-0.2, -0.15) is 0 Å². The van der Waals surface area contributed by atoms with Crippen molar-refractivity contribution in [1.82, 2.24) is 0 Å². The lowest BCUT2D eigenvalue weighted by Crippen LogP contribution is -1.78. The Kier molecular flexibility index (Phi) is 2.24. The fourth-order valence-electron chi connectivity index (χ4n) is 0.628. The summed E-state index contributed by atoms with van der Waals surface area (Å²) in [5, 5.41) is 0. The Morgan fingerprint density at radius 2 is 1.80 bits per heavy atom. The minimum Gasteiger partial charge on any atom is -0.359 e. The van der Waals surface area contributed by atoms with Gasteiger partial charge in [0.05, 0.1) is 0 Å². The lowest BCUT2D eigenvalue weighted by atomic mass is 10.2. The molecule has 0 radical (unpaired) electrons. The molecule has 0 aliphatic rings. The van der Waals surface area contributed by atoms with Crippen molar-refractivity contribution in [2.45, 2.75) is 4.90 Å². The minimum absolute atomic E-state index is 0.917. The number of benzene rings is 1. The van der Waals surface area contributed by atoms with Gasteiger partial charge >= 0.3 is 0 Å². The van der Waals surface area contributed by atoms with Crippen LogP contribution in [0.3, 0.4) is 0 Å². The molecular weight excluding hydrogens is 142 g/mol. The molecule has 0 aromatic heterocycles. The molecule has 50 valence electrons. The van der Waals surface area contributed by atoms with Gasteiger partial charge in [-0.1, -0.05) is 0 Å². The molecule has 1 nitrogen and oxygen atoms in total. The molecule has 0 spiro atoms. The molecule has 2 heteroatoms.